The second-order valence-electron chi connectivity index (χ2n) is 3.19. The van der Waals surface area contributed by atoms with Crippen LogP contribution in [0.1, 0.15) is 12.5 Å². The molecule has 2 N–H and O–H groups in total. The van der Waals surface area contributed by atoms with Gasteiger partial charge in [-0.1, -0.05) is 13.0 Å². The summed E-state index contributed by atoms with van der Waals surface area (Å²) >= 11 is 3.41. The largest absolute Gasteiger partial charge is 0.398 e. The van der Waals surface area contributed by atoms with Gasteiger partial charge in [-0.2, -0.15) is 0 Å². The first-order valence-corrected chi connectivity index (χ1v) is 5.15. The molecule has 1 aromatic carbocycles. The van der Waals surface area contributed by atoms with Crippen molar-refractivity contribution in [3.05, 3.63) is 28.2 Å². The van der Waals surface area contributed by atoms with Gasteiger partial charge in [0.25, 0.3) is 0 Å². The SMILES string of the molecule is CCN(C)Cc1ccc(N)c(Br)c1. The lowest BCUT2D eigenvalue weighted by molar-refractivity contribution is 0.346. The molecule has 0 aliphatic rings. The van der Waals surface area contributed by atoms with Crippen LogP contribution in [0.15, 0.2) is 22.7 Å². The molecule has 0 saturated heterocycles. The summed E-state index contributed by atoms with van der Waals surface area (Å²) in [6.45, 7) is 4.17. The zero-order chi connectivity index (χ0) is 9.84. The zero-order valence-corrected chi connectivity index (χ0v) is 9.63. The van der Waals surface area contributed by atoms with Gasteiger partial charge in [0, 0.05) is 16.7 Å². The van der Waals surface area contributed by atoms with Crippen LogP contribution in [0.2, 0.25) is 0 Å². The fraction of sp³-hybridized carbons (Fsp3) is 0.400. The van der Waals surface area contributed by atoms with Crippen molar-refractivity contribution in [1.29, 1.82) is 0 Å². The summed E-state index contributed by atoms with van der Waals surface area (Å²) in [4.78, 5) is 2.25. The maximum absolute atomic E-state index is 5.69. The molecular weight excluding hydrogens is 228 g/mol. The summed E-state index contributed by atoms with van der Waals surface area (Å²) < 4.78 is 0.981. The monoisotopic (exact) mass is 242 g/mol. The first-order valence-electron chi connectivity index (χ1n) is 4.36. The molecule has 2 nitrogen and oxygen atoms in total. The topological polar surface area (TPSA) is 29.3 Å². The Morgan fingerprint density at radius 3 is 2.69 bits per heavy atom. The van der Waals surface area contributed by atoms with Crippen LogP contribution in [-0.2, 0) is 6.54 Å². The van der Waals surface area contributed by atoms with E-state index in [-0.39, 0.29) is 0 Å². The lowest BCUT2D eigenvalue weighted by Gasteiger charge is -2.14. The summed E-state index contributed by atoms with van der Waals surface area (Å²) in [7, 11) is 2.10. The van der Waals surface area contributed by atoms with Crippen LogP contribution in [0.4, 0.5) is 5.69 Å². The summed E-state index contributed by atoms with van der Waals surface area (Å²) in [5.74, 6) is 0. The second-order valence-corrected chi connectivity index (χ2v) is 4.04. The maximum Gasteiger partial charge on any atom is 0.0458 e. The maximum atomic E-state index is 5.69. The molecule has 1 aromatic rings. The number of hydrogen-bond donors (Lipinski definition) is 1. The van der Waals surface area contributed by atoms with E-state index >= 15 is 0 Å². The Hall–Kier alpha value is -0.540. The molecule has 0 saturated carbocycles. The van der Waals surface area contributed by atoms with Gasteiger partial charge in [-0.25, -0.2) is 0 Å². The van der Waals surface area contributed by atoms with E-state index in [2.05, 4.69) is 46.9 Å². The van der Waals surface area contributed by atoms with Crippen LogP contribution in [0.3, 0.4) is 0 Å². The van der Waals surface area contributed by atoms with Gasteiger partial charge >= 0.3 is 0 Å². The summed E-state index contributed by atoms with van der Waals surface area (Å²) in [5, 5.41) is 0. The normalized spacial score (nSPS) is 10.8. The van der Waals surface area contributed by atoms with Crippen molar-refractivity contribution in [2.24, 2.45) is 0 Å². The van der Waals surface area contributed by atoms with Gasteiger partial charge in [-0.05, 0) is 47.2 Å². The zero-order valence-electron chi connectivity index (χ0n) is 8.05. The Bertz CT molecular complexity index is 286. The third-order valence-electron chi connectivity index (χ3n) is 2.06. The van der Waals surface area contributed by atoms with Gasteiger partial charge in [0.15, 0.2) is 0 Å². The number of benzene rings is 1. The first kappa shape index (κ1) is 10.5. The van der Waals surface area contributed by atoms with Gasteiger partial charge in [0.1, 0.15) is 0 Å². The van der Waals surface area contributed by atoms with Gasteiger partial charge in [-0.3, -0.25) is 0 Å². The van der Waals surface area contributed by atoms with Gasteiger partial charge in [-0.15, -0.1) is 0 Å². The van der Waals surface area contributed by atoms with Crippen LogP contribution >= 0.6 is 15.9 Å². The molecule has 0 aliphatic heterocycles. The van der Waals surface area contributed by atoms with Gasteiger partial charge in [0.2, 0.25) is 0 Å². The Kier molecular flexibility index (Phi) is 3.75. The van der Waals surface area contributed by atoms with E-state index in [1.807, 2.05) is 6.07 Å². The lowest BCUT2D eigenvalue weighted by atomic mass is 10.2. The van der Waals surface area contributed by atoms with Crippen molar-refractivity contribution in [2.45, 2.75) is 13.5 Å². The fourth-order valence-electron chi connectivity index (χ4n) is 1.09. The van der Waals surface area contributed by atoms with Crippen LogP contribution < -0.4 is 5.73 Å². The summed E-state index contributed by atoms with van der Waals surface area (Å²) in [5.41, 5.74) is 7.77. The highest BCUT2D eigenvalue weighted by atomic mass is 79.9. The molecule has 0 aliphatic carbocycles. The number of nitrogen functional groups attached to an aromatic ring is 1. The van der Waals surface area contributed by atoms with Gasteiger partial charge < -0.3 is 10.6 Å². The van der Waals surface area contributed by atoms with E-state index in [1.165, 1.54) is 5.56 Å². The van der Waals surface area contributed by atoms with Crippen molar-refractivity contribution < 1.29 is 0 Å². The van der Waals surface area contributed by atoms with Crippen LogP contribution in [0, 0.1) is 0 Å². The van der Waals surface area contributed by atoms with E-state index in [0.717, 1.165) is 23.2 Å². The average molecular weight is 243 g/mol. The number of hydrogen-bond acceptors (Lipinski definition) is 2. The summed E-state index contributed by atoms with van der Waals surface area (Å²) in [6, 6.07) is 6.07. The Morgan fingerprint density at radius 2 is 2.15 bits per heavy atom. The molecule has 0 amide bonds. The molecule has 3 heteroatoms. The lowest BCUT2D eigenvalue weighted by Crippen LogP contribution is -2.16. The molecular formula is C10H15BrN2. The van der Waals surface area contributed by atoms with E-state index in [0.29, 0.717) is 0 Å². The molecule has 1 rings (SSSR count). The number of anilines is 1. The predicted molar refractivity (Wildman–Crippen MR) is 60.6 cm³/mol. The van der Waals surface area contributed by atoms with E-state index in [9.17, 15) is 0 Å². The predicted octanol–water partition coefficient (Wildman–Crippen LogP) is 2.48. The molecule has 0 bridgehead atoms. The van der Waals surface area contributed by atoms with E-state index in [4.69, 9.17) is 5.73 Å². The van der Waals surface area contributed by atoms with E-state index in [1.54, 1.807) is 0 Å². The molecule has 0 radical (unpaired) electrons. The minimum Gasteiger partial charge on any atom is -0.398 e. The van der Waals surface area contributed by atoms with E-state index < -0.39 is 0 Å². The Balaban J connectivity index is 2.73. The van der Waals surface area contributed by atoms with Crippen LogP contribution in [0.25, 0.3) is 0 Å². The molecule has 0 spiro atoms. The standard InChI is InChI=1S/C10H15BrN2/c1-3-13(2)7-8-4-5-10(12)9(11)6-8/h4-6H,3,7,12H2,1-2H3. The van der Waals surface area contributed by atoms with Crippen LogP contribution in [-0.4, -0.2) is 18.5 Å². The highest BCUT2D eigenvalue weighted by Gasteiger charge is 2.00. The highest BCUT2D eigenvalue weighted by Crippen LogP contribution is 2.20. The number of rotatable bonds is 3. The number of halogens is 1. The molecule has 0 fully saturated rings. The third-order valence-corrected chi connectivity index (χ3v) is 2.74. The molecule has 72 valence electrons. The quantitative estimate of drug-likeness (QED) is 0.826. The van der Waals surface area contributed by atoms with Crippen LogP contribution in [0.5, 0.6) is 0 Å². The number of nitrogens with zero attached hydrogens (tertiary/aromatic N) is 1. The van der Waals surface area contributed by atoms with Crippen molar-refractivity contribution in [3.63, 3.8) is 0 Å². The van der Waals surface area contributed by atoms with Crippen molar-refractivity contribution >= 4 is 21.6 Å². The molecule has 0 unspecified atom stereocenters. The Labute approximate surface area is 87.9 Å². The smallest absolute Gasteiger partial charge is 0.0458 e. The Morgan fingerprint density at radius 1 is 1.46 bits per heavy atom. The minimum absolute atomic E-state index is 0.794. The minimum atomic E-state index is 0.794. The third kappa shape index (κ3) is 3.01. The molecule has 0 aromatic heterocycles. The molecule has 0 atom stereocenters. The highest BCUT2D eigenvalue weighted by molar-refractivity contribution is 9.10. The first-order chi connectivity index (χ1) is 6.13. The molecule has 0 heterocycles. The van der Waals surface area contributed by atoms with Crippen molar-refractivity contribution in [3.8, 4) is 0 Å². The molecule has 13 heavy (non-hydrogen) atoms. The summed E-state index contributed by atoms with van der Waals surface area (Å²) in [6.07, 6.45) is 0. The van der Waals surface area contributed by atoms with Gasteiger partial charge in [0.05, 0.1) is 0 Å². The van der Waals surface area contributed by atoms with Crippen molar-refractivity contribution in [1.82, 2.24) is 4.90 Å². The second kappa shape index (κ2) is 4.63. The fourth-order valence-corrected chi connectivity index (χ4v) is 1.52. The number of nitrogens with two attached hydrogens (primary N) is 1. The average Bonchev–Trinajstić information content (AvgIpc) is 2.11. The van der Waals surface area contributed by atoms with Crippen molar-refractivity contribution in [2.75, 3.05) is 19.3 Å².